The van der Waals surface area contributed by atoms with Crippen LogP contribution in [0.25, 0.3) is 0 Å². The molecule has 0 radical (unpaired) electrons. The number of nitrogens with one attached hydrogen (secondary N) is 2. The first-order valence-electron chi connectivity index (χ1n) is 7.10. The molecule has 2 aliphatic heterocycles. The van der Waals surface area contributed by atoms with Gasteiger partial charge in [-0.3, -0.25) is 9.59 Å². The zero-order valence-electron chi connectivity index (χ0n) is 11.5. The number of piperidine rings is 1. The van der Waals surface area contributed by atoms with Gasteiger partial charge in [-0.2, -0.15) is 0 Å². The molecule has 0 aromatic rings. The highest BCUT2D eigenvalue weighted by Gasteiger charge is 2.27. The van der Waals surface area contributed by atoms with Crippen LogP contribution >= 0.6 is 0 Å². The Morgan fingerprint density at radius 2 is 2.05 bits per heavy atom. The highest BCUT2D eigenvalue weighted by atomic mass is 16.5. The highest BCUT2D eigenvalue weighted by molar-refractivity contribution is 5.89. The minimum Gasteiger partial charge on any atom is -0.366 e. The minimum atomic E-state index is -0.481. The highest BCUT2D eigenvalue weighted by Crippen LogP contribution is 2.10. The SMILES string of the molecule is CC(NC(=O)C1CNCCO1)C(=O)N1CCCCC1. The van der Waals surface area contributed by atoms with E-state index in [1.54, 1.807) is 6.92 Å². The van der Waals surface area contributed by atoms with E-state index < -0.39 is 12.1 Å². The normalized spacial score (nSPS) is 25.7. The molecule has 108 valence electrons. The molecule has 6 heteroatoms. The quantitative estimate of drug-likeness (QED) is 0.724. The van der Waals surface area contributed by atoms with Crippen LogP contribution in [-0.4, -0.2) is 61.6 Å². The van der Waals surface area contributed by atoms with Gasteiger partial charge in [0, 0.05) is 26.2 Å². The topological polar surface area (TPSA) is 70.7 Å². The lowest BCUT2D eigenvalue weighted by Gasteiger charge is -2.30. The van der Waals surface area contributed by atoms with Crippen LogP contribution in [0.4, 0.5) is 0 Å². The van der Waals surface area contributed by atoms with E-state index in [1.807, 2.05) is 4.90 Å². The van der Waals surface area contributed by atoms with Crippen LogP contribution in [0.2, 0.25) is 0 Å². The molecule has 0 spiro atoms. The van der Waals surface area contributed by atoms with Gasteiger partial charge >= 0.3 is 0 Å². The van der Waals surface area contributed by atoms with Crippen molar-refractivity contribution in [3.05, 3.63) is 0 Å². The van der Waals surface area contributed by atoms with Gasteiger partial charge in [0.25, 0.3) is 5.91 Å². The molecular formula is C13H23N3O3. The third kappa shape index (κ3) is 3.91. The van der Waals surface area contributed by atoms with E-state index in [1.165, 1.54) is 6.42 Å². The number of hydrogen-bond donors (Lipinski definition) is 2. The van der Waals surface area contributed by atoms with E-state index in [2.05, 4.69) is 10.6 Å². The lowest BCUT2D eigenvalue weighted by Crippen LogP contribution is -2.54. The molecule has 0 aromatic heterocycles. The summed E-state index contributed by atoms with van der Waals surface area (Å²) in [6.07, 6.45) is 2.82. The average molecular weight is 269 g/mol. The molecule has 0 bridgehead atoms. The second-order valence-corrected chi connectivity index (χ2v) is 5.18. The predicted molar refractivity (Wildman–Crippen MR) is 70.6 cm³/mol. The van der Waals surface area contributed by atoms with Gasteiger partial charge in [0.05, 0.1) is 6.61 Å². The van der Waals surface area contributed by atoms with Gasteiger partial charge in [0.2, 0.25) is 5.91 Å². The maximum atomic E-state index is 12.2. The summed E-state index contributed by atoms with van der Waals surface area (Å²) in [6, 6.07) is -0.476. The minimum absolute atomic E-state index is 0.0109. The second kappa shape index (κ2) is 6.86. The molecule has 2 saturated heterocycles. The van der Waals surface area contributed by atoms with Crippen molar-refractivity contribution in [1.29, 1.82) is 0 Å². The summed E-state index contributed by atoms with van der Waals surface area (Å²) in [5.41, 5.74) is 0. The number of hydrogen-bond acceptors (Lipinski definition) is 4. The number of ether oxygens (including phenoxy) is 1. The van der Waals surface area contributed by atoms with Gasteiger partial charge in [-0.05, 0) is 26.2 Å². The molecule has 2 N–H and O–H groups in total. The first-order valence-corrected chi connectivity index (χ1v) is 7.10. The van der Waals surface area contributed by atoms with Crippen molar-refractivity contribution >= 4 is 11.8 Å². The van der Waals surface area contributed by atoms with Crippen molar-refractivity contribution < 1.29 is 14.3 Å². The Bertz CT molecular complexity index is 323. The molecular weight excluding hydrogens is 246 g/mol. The fourth-order valence-electron chi connectivity index (χ4n) is 2.49. The summed E-state index contributed by atoms with van der Waals surface area (Å²) >= 11 is 0. The van der Waals surface area contributed by atoms with Crippen LogP contribution in [0.15, 0.2) is 0 Å². The number of amides is 2. The van der Waals surface area contributed by atoms with Gasteiger partial charge in [0.15, 0.2) is 0 Å². The Hall–Kier alpha value is -1.14. The monoisotopic (exact) mass is 269 g/mol. The van der Waals surface area contributed by atoms with Crippen LogP contribution in [0.1, 0.15) is 26.2 Å². The molecule has 2 fully saturated rings. The van der Waals surface area contributed by atoms with Crippen molar-refractivity contribution in [1.82, 2.24) is 15.5 Å². The number of morpholine rings is 1. The lowest BCUT2D eigenvalue weighted by atomic mass is 10.1. The van der Waals surface area contributed by atoms with E-state index in [0.717, 1.165) is 32.5 Å². The van der Waals surface area contributed by atoms with E-state index in [9.17, 15) is 9.59 Å². The lowest BCUT2D eigenvalue weighted by molar-refractivity contribution is -0.141. The summed E-state index contributed by atoms with van der Waals surface area (Å²) in [4.78, 5) is 26.0. The zero-order valence-corrected chi connectivity index (χ0v) is 11.5. The fourth-order valence-corrected chi connectivity index (χ4v) is 2.49. The van der Waals surface area contributed by atoms with E-state index in [4.69, 9.17) is 4.74 Å². The number of likely N-dealkylation sites (tertiary alicyclic amines) is 1. The Labute approximate surface area is 113 Å². The molecule has 2 aliphatic rings. The number of carbonyl (C=O) groups is 2. The molecule has 0 aliphatic carbocycles. The van der Waals surface area contributed by atoms with E-state index in [-0.39, 0.29) is 11.8 Å². The number of rotatable bonds is 3. The summed E-state index contributed by atoms with van der Waals surface area (Å²) in [5, 5.41) is 5.85. The average Bonchev–Trinajstić information content (AvgIpc) is 2.48. The summed E-state index contributed by atoms with van der Waals surface area (Å²) < 4.78 is 5.37. The van der Waals surface area contributed by atoms with Crippen molar-refractivity contribution in [2.75, 3.05) is 32.8 Å². The standard InChI is InChI=1S/C13H23N3O3/c1-10(13(18)16-6-3-2-4-7-16)15-12(17)11-9-14-5-8-19-11/h10-11,14H,2-9H2,1H3,(H,15,17). The molecule has 0 saturated carbocycles. The third-order valence-corrected chi connectivity index (χ3v) is 3.62. The summed E-state index contributed by atoms with van der Waals surface area (Å²) in [6.45, 7) is 5.17. The summed E-state index contributed by atoms with van der Waals surface area (Å²) in [5.74, 6) is -0.193. The Balaban J connectivity index is 1.80. The molecule has 19 heavy (non-hydrogen) atoms. The van der Waals surface area contributed by atoms with Gasteiger partial charge in [0.1, 0.15) is 12.1 Å². The van der Waals surface area contributed by atoms with Crippen molar-refractivity contribution in [3.8, 4) is 0 Å². The summed E-state index contributed by atoms with van der Waals surface area (Å²) in [7, 11) is 0. The number of carbonyl (C=O) groups excluding carboxylic acids is 2. The first kappa shape index (κ1) is 14.3. The van der Waals surface area contributed by atoms with Gasteiger partial charge in [-0.25, -0.2) is 0 Å². The smallest absolute Gasteiger partial charge is 0.251 e. The van der Waals surface area contributed by atoms with Crippen LogP contribution in [0.5, 0.6) is 0 Å². The van der Waals surface area contributed by atoms with Crippen molar-refractivity contribution in [2.24, 2.45) is 0 Å². The Morgan fingerprint density at radius 1 is 1.32 bits per heavy atom. The van der Waals surface area contributed by atoms with Crippen molar-refractivity contribution in [2.45, 2.75) is 38.3 Å². The molecule has 2 heterocycles. The fraction of sp³-hybridized carbons (Fsp3) is 0.846. The van der Waals surface area contributed by atoms with Gasteiger partial charge < -0.3 is 20.3 Å². The van der Waals surface area contributed by atoms with Gasteiger partial charge in [-0.1, -0.05) is 0 Å². The van der Waals surface area contributed by atoms with Crippen LogP contribution in [0, 0.1) is 0 Å². The Kier molecular flexibility index (Phi) is 5.15. The number of nitrogens with zero attached hydrogens (tertiary/aromatic N) is 1. The van der Waals surface area contributed by atoms with Crippen LogP contribution in [0.3, 0.4) is 0 Å². The van der Waals surface area contributed by atoms with Crippen LogP contribution < -0.4 is 10.6 Å². The van der Waals surface area contributed by atoms with E-state index in [0.29, 0.717) is 13.2 Å². The van der Waals surface area contributed by atoms with Gasteiger partial charge in [-0.15, -0.1) is 0 Å². The first-order chi connectivity index (χ1) is 9.18. The molecule has 2 amide bonds. The third-order valence-electron chi connectivity index (χ3n) is 3.62. The molecule has 2 unspecified atom stereocenters. The molecule has 6 nitrogen and oxygen atoms in total. The molecule has 2 rings (SSSR count). The predicted octanol–water partition coefficient (Wildman–Crippen LogP) is -0.508. The van der Waals surface area contributed by atoms with E-state index >= 15 is 0 Å². The van der Waals surface area contributed by atoms with Crippen LogP contribution in [-0.2, 0) is 14.3 Å². The second-order valence-electron chi connectivity index (χ2n) is 5.18. The maximum absolute atomic E-state index is 12.2. The molecule has 2 atom stereocenters. The Morgan fingerprint density at radius 3 is 2.68 bits per heavy atom. The zero-order chi connectivity index (χ0) is 13.7. The maximum Gasteiger partial charge on any atom is 0.251 e. The largest absolute Gasteiger partial charge is 0.366 e. The van der Waals surface area contributed by atoms with Crippen molar-refractivity contribution in [3.63, 3.8) is 0 Å². The molecule has 0 aromatic carbocycles.